The molecule has 0 aromatic rings. The highest BCUT2D eigenvalue weighted by Crippen LogP contribution is 2.39. The number of hydrogen-bond acceptors (Lipinski definition) is 2. The highest BCUT2D eigenvalue weighted by atomic mass is 15.3. The Morgan fingerprint density at radius 1 is 1.42 bits per heavy atom. The number of hydrogen-bond donors (Lipinski definition) is 1. The number of piperazine rings is 1. The molecule has 1 saturated carbocycles. The van der Waals surface area contributed by atoms with Gasteiger partial charge in [0.2, 0.25) is 0 Å². The van der Waals surface area contributed by atoms with Crippen molar-refractivity contribution in [3.8, 4) is 0 Å². The molecule has 0 amide bonds. The first-order chi connectivity index (χ1) is 5.61. The van der Waals surface area contributed by atoms with Crippen LogP contribution in [0.5, 0.6) is 0 Å². The van der Waals surface area contributed by atoms with Crippen molar-refractivity contribution in [3.05, 3.63) is 0 Å². The van der Waals surface area contributed by atoms with Crippen molar-refractivity contribution < 1.29 is 0 Å². The smallest absolute Gasteiger partial charge is 0.0313 e. The minimum absolute atomic E-state index is 0.530. The van der Waals surface area contributed by atoms with E-state index in [1.165, 1.54) is 25.9 Å². The van der Waals surface area contributed by atoms with E-state index in [9.17, 15) is 0 Å². The summed E-state index contributed by atoms with van der Waals surface area (Å²) in [5, 5.41) is 3.71. The van der Waals surface area contributed by atoms with E-state index in [0.717, 1.165) is 0 Å². The average molecular weight is 168 g/mol. The van der Waals surface area contributed by atoms with Gasteiger partial charge in [0.05, 0.1) is 0 Å². The van der Waals surface area contributed by atoms with E-state index in [4.69, 9.17) is 0 Å². The van der Waals surface area contributed by atoms with Gasteiger partial charge in [-0.15, -0.1) is 0 Å². The van der Waals surface area contributed by atoms with Crippen molar-refractivity contribution in [3.63, 3.8) is 0 Å². The second-order valence-corrected chi connectivity index (χ2v) is 4.85. The Morgan fingerprint density at radius 3 is 2.58 bits per heavy atom. The van der Waals surface area contributed by atoms with Crippen LogP contribution in [0, 0.1) is 0 Å². The molecule has 2 rings (SSSR count). The maximum Gasteiger partial charge on any atom is 0.0313 e. The van der Waals surface area contributed by atoms with Crippen molar-refractivity contribution in [1.82, 2.24) is 10.2 Å². The van der Waals surface area contributed by atoms with Gasteiger partial charge in [-0.25, -0.2) is 0 Å². The molecule has 0 unspecified atom stereocenters. The first kappa shape index (κ1) is 8.52. The molecule has 1 N–H and O–H groups in total. The molecule has 2 fully saturated rings. The van der Waals surface area contributed by atoms with Gasteiger partial charge in [0.15, 0.2) is 0 Å². The van der Waals surface area contributed by atoms with Crippen LogP contribution in [0.1, 0.15) is 33.6 Å². The largest absolute Gasteiger partial charge is 0.306 e. The molecule has 1 aliphatic heterocycles. The predicted molar refractivity (Wildman–Crippen MR) is 51.3 cm³/mol. The number of nitrogens with zero attached hydrogens (tertiary/aromatic N) is 1. The molecule has 1 heterocycles. The molecule has 12 heavy (non-hydrogen) atoms. The van der Waals surface area contributed by atoms with Gasteiger partial charge in [-0.3, -0.25) is 4.90 Å². The summed E-state index contributed by atoms with van der Waals surface area (Å²) in [5.41, 5.74) is 0.530. The van der Waals surface area contributed by atoms with Gasteiger partial charge in [-0.2, -0.15) is 0 Å². The lowest BCUT2D eigenvalue weighted by Gasteiger charge is -2.40. The van der Waals surface area contributed by atoms with Gasteiger partial charge >= 0.3 is 0 Å². The summed E-state index contributed by atoms with van der Waals surface area (Å²) in [5.74, 6) is 0. The van der Waals surface area contributed by atoms with E-state index >= 15 is 0 Å². The Balaban J connectivity index is 1.99. The van der Waals surface area contributed by atoms with E-state index in [1.807, 2.05) is 0 Å². The molecule has 2 heteroatoms. The molecule has 0 bridgehead atoms. The third-order valence-corrected chi connectivity index (χ3v) is 3.15. The van der Waals surface area contributed by atoms with Crippen LogP contribution in [0.15, 0.2) is 0 Å². The maximum absolute atomic E-state index is 3.71. The summed E-state index contributed by atoms with van der Waals surface area (Å²) < 4.78 is 0. The number of nitrogens with one attached hydrogen (secondary N) is 1. The SMILES string of the molecule is CC(C)N1C[C@@H](C)NC2(CC2)C1. The molecule has 1 aliphatic carbocycles. The standard InChI is InChI=1S/C10H20N2/c1-8(2)12-6-9(3)11-10(7-12)4-5-10/h8-9,11H,4-7H2,1-3H3/t9-/m1/s1. The summed E-state index contributed by atoms with van der Waals surface area (Å²) in [4.78, 5) is 2.61. The minimum Gasteiger partial charge on any atom is -0.306 e. The summed E-state index contributed by atoms with van der Waals surface area (Å²) >= 11 is 0. The quantitative estimate of drug-likeness (QED) is 0.633. The molecular weight excluding hydrogens is 148 g/mol. The first-order valence-electron chi connectivity index (χ1n) is 5.13. The second-order valence-electron chi connectivity index (χ2n) is 4.85. The molecule has 1 spiro atoms. The van der Waals surface area contributed by atoms with Crippen molar-refractivity contribution in [1.29, 1.82) is 0 Å². The lowest BCUT2D eigenvalue weighted by Crippen LogP contribution is -2.58. The van der Waals surface area contributed by atoms with Crippen LogP contribution in [-0.4, -0.2) is 35.6 Å². The zero-order valence-electron chi connectivity index (χ0n) is 8.43. The summed E-state index contributed by atoms with van der Waals surface area (Å²) in [7, 11) is 0. The van der Waals surface area contributed by atoms with E-state index in [1.54, 1.807) is 0 Å². The summed E-state index contributed by atoms with van der Waals surface area (Å²) in [6, 6.07) is 1.40. The van der Waals surface area contributed by atoms with E-state index in [-0.39, 0.29) is 0 Å². The van der Waals surface area contributed by atoms with Crippen molar-refractivity contribution in [2.45, 2.75) is 51.2 Å². The van der Waals surface area contributed by atoms with Crippen molar-refractivity contribution >= 4 is 0 Å². The third kappa shape index (κ3) is 1.50. The molecule has 70 valence electrons. The normalized spacial score (nSPS) is 34.5. The van der Waals surface area contributed by atoms with Crippen LogP contribution in [0.3, 0.4) is 0 Å². The topological polar surface area (TPSA) is 15.3 Å². The van der Waals surface area contributed by atoms with E-state index in [0.29, 0.717) is 17.6 Å². The zero-order chi connectivity index (χ0) is 8.77. The summed E-state index contributed by atoms with van der Waals surface area (Å²) in [6.07, 6.45) is 2.78. The third-order valence-electron chi connectivity index (χ3n) is 3.15. The Hall–Kier alpha value is -0.0800. The lowest BCUT2D eigenvalue weighted by atomic mass is 10.1. The molecule has 0 radical (unpaired) electrons. The highest BCUT2D eigenvalue weighted by Gasteiger charge is 2.47. The van der Waals surface area contributed by atoms with Crippen molar-refractivity contribution in [2.75, 3.05) is 13.1 Å². The van der Waals surface area contributed by atoms with Gasteiger partial charge in [0.25, 0.3) is 0 Å². The Labute approximate surface area is 75.3 Å². The lowest BCUT2D eigenvalue weighted by molar-refractivity contribution is 0.124. The molecule has 0 aromatic heterocycles. The van der Waals surface area contributed by atoms with Crippen molar-refractivity contribution in [2.24, 2.45) is 0 Å². The zero-order valence-corrected chi connectivity index (χ0v) is 8.43. The van der Waals surface area contributed by atoms with Crippen LogP contribution >= 0.6 is 0 Å². The fourth-order valence-electron chi connectivity index (χ4n) is 2.27. The number of rotatable bonds is 1. The van der Waals surface area contributed by atoms with Gasteiger partial charge in [0.1, 0.15) is 0 Å². The van der Waals surface area contributed by atoms with Crippen LogP contribution in [-0.2, 0) is 0 Å². The van der Waals surface area contributed by atoms with Gasteiger partial charge in [0, 0.05) is 30.7 Å². The monoisotopic (exact) mass is 168 g/mol. The Bertz CT molecular complexity index is 173. The fraction of sp³-hybridized carbons (Fsp3) is 1.00. The van der Waals surface area contributed by atoms with E-state index < -0.39 is 0 Å². The average Bonchev–Trinajstić information content (AvgIpc) is 2.67. The van der Waals surface area contributed by atoms with Gasteiger partial charge in [-0.1, -0.05) is 0 Å². The Morgan fingerprint density at radius 2 is 2.08 bits per heavy atom. The second kappa shape index (κ2) is 2.71. The molecule has 1 atom stereocenters. The predicted octanol–water partition coefficient (Wildman–Crippen LogP) is 1.22. The molecular formula is C10H20N2. The fourth-order valence-corrected chi connectivity index (χ4v) is 2.27. The summed E-state index contributed by atoms with van der Waals surface area (Å²) in [6.45, 7) is 9.39. The maximum atomic E-state index is 3.71. The van der Waals surface area contributed by atoms with Crippen LogP contribution < -0.4 is 5.32 Å². The highest BCUT2D eigenvalue weighted by molar-refractivity contribution is 5.08. The minimum atomic E-state index is 0.530. The van der Waals surface area contributed by atoms with E-state index in [2.05, 4.69) is 31.0 Å². The van der Waals surface area contributed by atoms with Crippen LogP contribution in [0.25, 0.3) is 0 Å². The molecule has 1 saturated heterocycles. The van der Waals surface area contributed by atoms with Gasteiger partial charge in [-0.05, 0) is 33.6 Å². The molecule has 0 aromatic carbocycles. The van der Waals surface area contributed by atoms with Crippen LogP contribution in [0.4, 0.5) is 0 Å². The molecule has 2 nitrogen and oxygen atoms in total. The van der Waals surface area contributed by atoms with Crippen LogP contribution in [0.2, 0.25) is 0 Å². The molecule has 2 aliphatic rings. The van der Waals surface area contributed by atoms with Gasteiger partial charge < -0.3 is 5.32 Å². The first-order valence-corrected chi connectivity index (χ1v) is 5.13. The Kier molecular flexibility index (Phi) is 1.92.